The van der Waals surface area contributed by atoms with Gasteiger partial charge in [-0.25, -0.2) is 0 Å². The Morgan fingerprint density at radius 2 is 1.95 bits per heavy atom. The number of benzene rings is 1. The smallest absolute Gasteiger partial charge is 0.387 e. The molecule has 0 unspecified atom stereocenters. The monoisotopic (exact) mass is 269 g/mol. The number of amides is 1. The lowest BCUT2D eigenvalue weighted by atomic mass is 10.1. The van der Waals surface area contributed by atoms with E-state index in [-0.39, 0.29) is 23.6 Å². The van der Waals surface area contributed by atoms with Crippen molar-refractivity contribution in [2.45, 2.75) is 32.9 Å². The van der Waals surface area contributed by atoms with E-state index in [0.29, 0.717) is 5.92 Å². The van der Waals surface area contributed by atoms with Crippen LogP contribution in [-0.4, -0.2) is 12.5 Å². The molecular weight excluding hydrogens is 252 g/mol. The lowest BCUT2D eigenvalue weighted by Gasteiger charge is -2.15. The molecule has 104 valence electrons. The minimum atomic E-state index is -2.82. The Bertz CT molecular complexity index is 447. The molecule has 1 aromatic carbocycles. The number of alkyl halides is 2. The molecule has 1 fully saturated rings. The highest BCUT2D eigenvalue weighted by molar-refractivity contribution is 5.81. The topological polar surface area (TPSA) is 38.3 Å². The Balaban J connectivity index is 1.91. The Hall–Kier alpha value is -1.65. The van der Waals surface area contributed by atoms with Crippen molar-refractivity contribution >= 4 is 5.91 Å². The fraction of sp³-hybridized carbons (Fsp3) is 0.500. The number of rotatable bonds is 5. The molecule has 0 aromatic heterocycles. The highest BCUT2D eigenvalue weighted by Crippen LogP contribution is 2.38. The van der Waals surface area contributed by atoms with Crippen LogP contribution in [0.15, 0.2) is 24.3 Å². The fourth-order valence-electron chi connectivity index (χ4n) is 2.03. The summed E-state index contributed by atoms with van der Waals surface area (Å²) in [7, 11) is 0. The number of hydrogen-bond donors (Lipinski definition) is 1. The minimum Gasteiger partial charge on any atom is -0.435 e. The first kappa shape index (κ1) is 13.8. The maximum atomic E-state index is 12.0. The maximum absolute atomic E-state index is 12.0. The molecule has 1 amide bonds. The van der Waals surface area contributed by atoms with Gasteiger partial charge in [-0.2, -0.15) is 8.78 Å². The molecule has 1 N–H and O–H groups in total. The van der Waals surface area contributed by atoms with Crippen molar-refractivity contribution in [2.24, 2.45) is 11.8 Å². The Kier molecular flexibility index (Phi) is 4.02. The molecule has 5 heteroatoms. The minimum absolute atomic E-state index is 0.0629. The molecule has 0 saturated heterocycles. The number of hydrogen-bond acceptors (Lipinski definition) is 2. The molecule has 0 aliphatic heterocycles. The molecule has 0 radical (unpaired) electrons. The van der Waals surface area contributed by atoms with Crippen LogP contribution in [0, 0.1) is 11.8 Å². The zero-order valence-corrected chi connectivity index (χ0v) is 10.9. The normalized spacial score (nSPS) is 23.0. The molecule has 1 saturated carbocycles. The SMILES string of the molecule is C[C@H](NC(=O)[C@H]1C[C@@H]1C)c1ccc(OC(F)F)cc1. The predicted molar refractivity (Wildman–Crippen MR) is 66.9 cm³/mol. The Morgan fingerprint density at radius 1 is 1.37 bits per heavy atom. The second-order valence-corrected chi connectivity index (χ2v) is 5.00. The number of ether oxygens (including phenoxy) is 1. The number of carbonyl (C=O) groups excluding carboxylic acids is 1. The van der Waals surface area contributed by atoms with Gasteiger partial charge in [0.2, 0.25) is 5.91 Å². The van der Waals surface area contributed by atoms with Gasteiger partial charge in [-0.3, -0.25) is 4.79 Å². The summed E-state index contributed by atoms with van der Waals surface area (Å²) in [6.07, 6.45) is 0.944. The molecule has 0 bridgehead atoms. The largest absolute Gasteiger partial charge is 0.435 e. The van der Waals surface area contributed by atoms with E-state index in [2.05, 4.69) is 10.1 Å². The zero-order chi connectivity index (χ0) is 14.0. The molecule has 2 rings (SSSR count). The summed E-state index contributed by atoms with van der Waals surface area (Å²) in [5.74, 6) is 0.777. The zero-order valence-electron chi connectivity index (χ0n) is 10.9. The molecule has 3 nitrogen and oxygen atoms in total. The van der Waals surface area contributed by atoms with E-state index in [9.17, 15) is 13.6 Å². The molecule has 1 aromatic rings. The quantitative estimate of drug-likeness (QED) is 0.892. The number of carbonyl (C=O) groups is 1. The highest BCUT2D eigenvalue weighted by atomic mass is 19.3. The summed E-state index contributed by atoms with van der Waals surface area (Å²) < 4.78 is 28.3. The highest BCUT2D eigenvalue weighted by Gasteiger charge is 2.39. The van der Waals surface area contributed by atoms with Crippen LogP contribution in [0.1, 0.15) is 31.9 Å². The Morgan fingerprint density at radius 3 is 2.42 bits per heavy atom. The first-order chi connectivity index (χ1) is 8.97. The van der Waals surface area contributed by atoms with Crippen LogP contribution < -0.4 is 10.1 Å². The van der Waals surface area contributed by atoms with Gasteiger partial charge in [-0.15, -0.1) is 0 Å². The second-order valence-electron chi connectivity index (χ2n) is 5.00. The van der Waals surface area contributed by atoms with Crippen LogP contribution in [0.2, 0.25) is 0 Å². The summed E-state index contributed by atoms with van der Waals surface area (Å²) in [6, 6.07) is 6.17. The standard InChI is InChI=1S/C14H17F2NO2/c1-8-7-12(8)13(18)17-9(2)10-3-5-11(6-4-10)19-14(15)16/h3-6,8-9,12,14H,7H2,1-2H3,(H,17,18)/t8-,9-,12-/m0/s1. The average molecular weight is 269 g/mol. The van der Waals surface area contributed by atoms with E-state index in [1.807, 2.05) is 13.8 Å². The van der Waals surface area contributed by atoms with Gasteiger partial charge in [0, 0.05) is 5.92 Å². The van der Waals surface area contributed by atoms with Crippen molar-refractivity contribution in [3.05, 3.63) is 29.8 Å². The van der Waals surface area contributed by atoms with Crippen LogP contribution in [0.25, 0.3) is 0 Å². The van der Waals surface area contributed by atoms with Gasteiger partial charge in [-0.1, -0.05) is 19.1 Å². The van der Waals surface area contributed by atoms with Crippen molar-refractivity contribution in [3.8, 4) is 5.75 Å². The average Bonchev–Trinajstić information content (AvgIpc) is 3.06. The molecule has 0 heterocycles. The number of nitrogens with one attached hydrogen (secondary N) is 1. The van der Waals surface area contributed by atoms with E-state index in [0.717, 1.165) is 12.0 Å². The van der Waals surface area contributed by atoms with Crippen LogP contribution in [0.4, 0.5) is 8.78 Å². The van der Waals surface area contributed by atoms with Crippen molar-refractivity contribution in [1.29, 1.82) is 0 Å². The van der Waals surface area contributed by atoms with Gasteiger partial charge in [0.15, 0.2) is 0 Å². The van der Waals surface area contributed by atoms with Gasteiger partial charge in [-0.05, 0) is 37.0 Å². The summed E-state index contributed by atoms with van der Waals surface area (Å²) in [5, 5.41) is 2.92. The van der Waals surface area contributed by atoms with Crippen molar-refractivity contribution < 1.29 is 18.3 Å². The maximum Gasteiger partial charge on any atom is 0.387 e. The van der Waals surface area contributed by atoms with Crippen molar-refractivity contribution in [3.63, 3.8) is 0 Å². The van der Waals surface area contributed by atoms with Crippen molar-refractivity contribution in [1.82, 2.24) is 5.32 Å². The third-order valence-corrected chi connectivity index (χ3v) is 3.41. The molecule has 19 heavy (non-hydrogen) atoms. The van der Waals surface area contributed by atoms with Gasteiger partial charge in [0.1, 0.15) is 5.75 Å². The first-order valence-corrected chi connectivity index (χ1v) is 6.32. The van der Waals surface area contributed by atoms with Gasteiger partial charge in [0.05, 0.1) is 6.04 Å². The van der Waals surface area contributed by atoms with Crippen LogP contribution in [0.5, 0.6) is 5.75 Å². The van der Waals surface area contributed by atoms with Gasteiger partial charge < -0.3 is 10.1 Å². The first-order valence-electron chi connectivity index (χ1n) is 6.32. The number of halogens is 2. The summed E-state index contributed by atoms with van der Waals surface area (Å²) >= 11 is 0. The van der Waals surface area contributed by atoms with Gasteiger partial charge in [0.25, 0.3) is 0 Å². The lowest BCUT2D eigenvalue weighted by Crippen LogP contribution is -2.28. The van der Waals surface area contributed by atoms with Crippen LogP contribution >= 0.6 is 0 Å². The molecular formula is C14H17F2NO2. The van der Waals surface area contributed by atoms with Crippen molar-refractivity contribution in [2.75, 3.05) is 0 Å². The summed E-state index contributed by atoms with van der Waals surface area (Å²) in [6.45, 7) is 1.10. The molecule has 3 atom stereocenters. The molecule has 1 aliphatic rings. The van der Waals surface area contributed by atoms with E-state index >= 15 is 0 Å². The van der Waals surface area contributed by atoms with Crippen LogP contribution in [0.3, 0.4) is 0 Å². The van der Waals surface area contributed by atoms with E-state index in [4.69, 9.17) is 0 Å². The summed E-state index contributed by atoms with van der Waals surface area (Å²) in [4.78, 5) is 11.8. The van der Waals surface area contributed by atoms with E-state index < -0.39 is 6.61 Å². The predicted octanol–water partition coefficient (Wildman–Crippen LogP) is 3.12. The summed E-state index contributed by atoms with van der Waals surface area (Å²) in [5.41, 5.74) is 0.864. The van der Waals surface area contributed by atoms with E-state index in [1.54, 1.807) is 12.1 Å². The van der Waals surface area contributed by atoms with E-state index in [1.165, 1.54) is 12.1 Å². The Labute approximate surface area is 111 Å². The second kappa shape index (κ2) is 5.55. The molecule has 1 aliphatic carbocycles. The fourth-order valence-corrected chi connectivity index (χ4v) is 2.03. The molecule has 0 spiro atoms. The van der Waals surface area contributed by atoms with Gasteiger partial charge >= 0.3 is 6.61 Å². The van der Waals surface area contributed by atoms with Crippen LogP contribution in [-0.2, 0) is 4.79 Å². The lowest BCUT2D eigenvalue weighted by molar-refractivity contribution is -0.123. The third-order valence-electron chi connectivity index (χ3n) is 3.41. The third kappa shape index (κ3) is 3.66.